The first-order chi connectivity index (χ1) is 9.60. The molecule has 0 saturated heterocycles. The molecule has 102 valence electrons. The number of halogens is 1. The van der Waals surface area contributed by atoms with E-state index in [9.17, 15) is 9.90 Å². The van der Waals surface area contributed by atoms with Gasteiger partial charge in [-0.3, -0.25) is 4.79 Å². The largest absolute Gasteiger partial charge is 0.504 e. The van der Waals surface area contributed by atoms with E-state index in [1.54, 1.807) is 36.4 Å². The van der Waals surface area contributed by atoms with Crippen molar-refractivity contribution in [3.63, 3.8) is 0 Å². The van der Waals surface area contributed by atoms with E-state index in [1.165, 1.54) is 13.2 Å². The summed E-state index contributed by atoms with van der Waals surface area (Å²) in [5.41, 5.74) is 1.34. The Morgan fingerprint density at radius 3 is 2.50 bits per heavy atom. The summed E-state index contributed by atoms with van der Waals surface area (Å²) in [6.45, 7) is 0. The molecule has 0 aliphatic carbocycles. The fourth-order valence-corrected chi connectivity index (χ4v) is 1.96. The molecule has 20 heavy (non-hydrogen) atoms. The van der Waals surface area contributed by atoms with Crippen LogP contribution in [0, 0.1) is 0 Å². The third-order valence-corrected chi connectivity index (χ3v) is 3.29. The maximum Gasteiger partial charge on any atom is 0.185 e. The SMILES string of the molecule is COc1ccc(C=CC(=O)c2ccc(Br)cc2)cc1O. The highest BCUT2D eigenvalue weighted by Gasteiger charge is 2.03. The van der Waals surface area contributed by atoms with Gasteiger partial charge in [0, 0.05) is 10.0 Å². The van der Waals surface area contributed by atoms with Crippen LogP contribution in [0.2, 0.25) is 0 Å². The molecule has 0 aromatic heterocycles. The van der Waals surface area contributed by atoms with Gasteiger partial charge in [0.05, 0.1) is 7.11 Å². The number of rotatable bonds is 4. The van der Waals surface area contributed by atoms with Crippen LogP contribution in [-0.2, 0) is 0 Å². The molecule has 0 fully saturated rings. The summed E-state index contributed by atoms with van der Waals surface area (Å²) >= 11 is 3.32. The number of carbonyl (C=O) groups is 1. The van der Waals surface area contributed by atoms with Gasteiger partial charge in [-0.2, -0.15) is 0 Å². The molecule has 0 aliphatic heterocycles. The second-order valence-electron chi connectivity index (χ2n) is 4.14. The summed E-state index contributed by atoms with van der Waals surface area (Å²) in [5, 5.41) is 9.66. The Labute approximate surface area is 125 Å². The lowest BCUT2D eigenvalue weighted by atomic mass is 10.1. The summed E-state index contributed by atoms with van der Waals surface area (Å²) in [6, 6.07) is 12.1. The van der Waals surface area contributed by atoms with Crippen LogP contribution in [0.5, 0.6) is 11.5 Å². The third-order valence-electron chi connectivity index (χ3n) is 2.76. The number of benzene rings is 2. The molecule has 0 heterocycles. The van der Waals surface area contributed by atoms with Crippen molar-refractivity contribution in [3.8, 4) is 11.5 Å². The van der Waals surface area contributed by atoms with Gasteiger partial charge in [-0.15, -0.1) is 0 Å². The van der Waals surface area contributed by atoms with Gasteiger partial charge in [-0.1, -0.05) is 28.1 Å². The summed E-state index contributed by atoms with van der Waals surface area (Å²) in [4.78, 5) is 11.9. The number of allylic oxidation sites excluding steroid dienone is 1. The van der Waals surface area contributed by atoms with Crippen molar-refractivity contribution in [1.29, 1.82) is 0 Å². The average molecular weight is 333 g/mol. The minimum atomic E-state index is -0.0900. The quantitative estimate of drug-likeness (QED) is 0.678. The topological polar surface area (TPSA) is 46.5 Å². The lowest BCUT2D eigenvalue weighted by Crippen LogP contribution is -1.93. The number of phenolic OH excluding ortho intramolecular Hbond substituents is 1. The van der Waals surface area contributed by atoms with Gasteiger partial charge in [0.2, 0.25) is 0 Å². The Kier molecular flexibility index (Phi) is 4.58. The second-order valence-corrected chi connectivity index (χ2v) is 5.05. The molecule has 4 heteroatoms. The van der Waals surface area contributed by atoms with Gasteiger partial charge in [0.25, 0.3) is 0 Å². The zero-order valence-corrected chi connectivity index (χ0v) is 12.4. The molecule has 0 atom stereocenters. The van der Waals surface area contributed by atoms with Crippen LogP contribution >= 0.6 is 15.9 Å². The first-order valence-corrected chi connectivity index (χ1v) is 6.74. The van der Waals surface area contributed by atoms with Crippen molar-refractivity contribution in [1.82, 2.24) is 0 Å². The average Bonchev–Trinajstić information content (AvgIpc) is 2.45. The molecule has 0 amide bonds. The van der Waals surface area contributed by atoms with Gasteiger partial charge >= 0.3 is 0 Å². The van der Waals surface area contributed by atoms with Crippen molar-refractivity contribution in [2.75, 3.05) is 7.11 Å². The van der Waals surface area contributed by atoms with E-state index in [2.05, 4.69) is 15.9 Å². The molecule has 0 spiro atoms. The van der Waals surface area contributed by atoms with Crippen LogP contribution in [0.3, 0.4) is 0 Å². The molecule has 0 unspecified atom stereocenters. The summed E-state index contributed by atoms with van der Waals surface area (Å²) in [6.07, 6.45) is 3.13. The Bertz CT molecular complexity index is 645. The van der Waals surface area contributed by atoms with Gasteiger partial charge in [-0.05, 0) is 48.0 Å². The highest BCUT2D eigenvalue weighted by Crippen LogP contribution is 2.26. The molecule has 0 bridgehead atoms. The number of aromatic hydroxyl groups is 1. The minimum absolute atomic E-state index is 0.0470. The van der Waals surface area contributed by atoms with E-state index in [0.717, 1.165) is 10.0 Å². The van der Waals surface area contributed by atoms with Gasteiger partial charge in [-0.25, -0.2) is 0 Å². The molecule has 2 aromatic carbocycles. The van der Waals surface area contributed by atoms with Crippen LogP contribution in [0.4, 0.5) is 0 Å². The first-order valence-electron chi connectivity index (χ1n) is 5.95. The fraction of sp³-hybridized carbons (Fsp3) is 0.0625. The summed E-state index contributed by atoms with van der Waals surface area (Å²) in [7, 11) is 1.49. The minimum Gasteiger partial charge on any atom is -0.504 e. The molecule has 1 N–H and O–H groups in total. The highest BCUT2D eigenvalue weighted by molar-refractivity contribution is 9.10. The smallest absolute Gasteiger partial charge is 0.185 e. The van der Waals surface area contributed by atoms with Crippen LogP contribution in [0.1, 0.15) is 15.9 Å². The van der Waals surface area contributed by atoms with E-state index in [-0.39, 0.29) is 11.5 Å². The maximum absolute atomic E-state index is 11.9. The molecule has 0 radical (unpaired) electrons. The lowest BCUT2D eigenvalue weighted by molar-refractivity contribution is 0.104. The highest BCUT2D eigenvalue weighted by atomic mass is 79.9. The number of phenols is 1. The van der Waals surface area contributed by atoms with E-state index >= 15 is 0 Å². The van der Waals surface area contributed by atoms with Crippen molar-refractivity contribution < 1.29 is 14.6 Å². The molecule has 2 aromatic rings. The molecule has 2 rings (SSSR count). The van der Waals surface area contributed by atoms with Crippen molar-refractivity contribution in [2.45, 2.75) is 0 Å². The van der Waals surface area contributed by atoms with Crippen molar-refractivity contribution >= 4 is 27.8 Å². The standard InChI is InChI=1S/C16H13BrO3/c1-20-16-9-3-11(10-15(16)19)2-8-14(18)12-4-6-13(17)7-5-12/h2-10,19H,1H3. The Morgan fingerprint density at radius 1 is 1.20 bits per heavy atom. The third kappa shape index (κ3) is 3.48. The summed E-state index contributed by atoms with van der Waals surface area (Å²) < 4.78 is 5.89. The summed E-state index contributed by atoms with van der Waals surface area (Å²) in [5.74, 6) is 0.361. The van der Waals surface area contributed by atoms with Crippen LogP contribution in [0.25, 0.3) is 6.08 Å². The van der Waals surface area contributed by atoms with Gasteiger partial charge < -0.3 is 9.84 Å². The monoisotopic (exact) mass is 332 g/mol. The number of carbonyl (C=O) groups excluding carboxylic acids is 1. The zero-order chi connectivity index (χ0) is 14.5. The van der Waals surface area contributed by atoms with Crippen LogP contribution < -0.4 is 4.74 Å². The van der Waals surface area contributed by atoms with Gasteiger partial charge in [0.15, 0.2) is 17.3 Å². The predicted octanol–water partition coefficient (Wildman–Crippen LogP) is 4.06. The van der Waals surface area contributed by atoms with E-state index < -0.39 is 0 Å². The number of hydrogen-bond acceptors (Lipinski definition) is 3. The van der Waals surface area contributed by atoms with Crippen LogP contribution in [-0.4, -0.2) is 18.0 Å². The fourth-order valence-electron chi connectivity index (χ4n) is 1.69. The first kappa shape index (κ1) is 14.3. The Hall–Kier alpha value is -2.07. The molecule has 0 aliphatic rings. The molecule has 0 saturated carbocycles. The maximum atomic E-state index is 11.9. The Balaban J connectivity index is 2.14. The van der Waals surface area contributed by atoms with E-state index in [4.69, 9.17) is 4.74 Å². The number of ketones is 1. The van der Waals surface area contributed by atoms with E-state index in [0.29, 0.717) is 11.3 Å². The molecule has 3 nitrogen and oxygen atoms in total. The predicted molar refractivity (Wildman–Crippen MR) is 82.2 cm³/mol. The van der Waals surface area contributed by atoms with Crippen molar-refractivity contribution in [2.24, 2.45) is 0 Å². The Morgan fingerprint density at radius 2 is 1.90 bits per heavy atom. The second kappa shape index (κ2) is 6.39. The molecular weight excluding hydrogens is 320 g/mol. The number of ether oxygens (including phenoxy) is 1. The van der Waals surface area contributed by atoms with E-state index in [1.807, 2.05) is 12.1 Å². The molecular formula is C16H13BrO3. The number of hydrogen-bond donors (Lipinski definition) is 1. The van der Waals surface area contributed by atoms with Crippen LogP contribution in [0.15, 0.2) is 53.0 Å². The zero-order valence-electron chi connectivity index (χ0n) is 10.8. The number of methoxy groups -OCH3 is 1. The van der Waals surface area contributed by atoms with Gasteiger partial charge in [0.1, 0.15) is 0 Å². The lowest BCUT2D eigenvalue weighted by Gasteiger charge is -2.03. The van der Waals surface area contributed by atoms with Crippen molar-refractivity contribution in [3.05, 3.63) is 64.1 Å². The normalized spacial score (nSPS) is 10.7.